The number of carbonyl (C=O) groups excluding carboxylic acids is 1. The largest absolute Gasteiger partial charge is 0.310 e. The van der Waals surface area contributed by atoms with Crippen molar-refractivity contribution in [2.75, 3.05) is 11.1 Å². The monoisotopic (exact) mass is 492 g/mol. The summed E-state index contributed by atoms with van der Waals surface area (Å²) in [5, 5.41) is 17.8. The van der Waals surface area contributed by atoms with E-state index in [1.807, 2.05) is 67.6 Å². The van der Waals surface area contributed by atoms with Crippen LogP contribution in [0.5, 0.6) is 0 Å². The van der Waals surface area contributed by atoms with Crippen LogP contribution in [0.15, 0.2) is 65.8 Å². The maximum absolute atomic E-state index is 12.9. The van der Waals surface area contributed by atoms with E-state index in [2.05, 4.69) is 25.2 Å². The number of rotatable bonds is 7. The van der Waals surface area contributed by atoms with Crippen LogP contribution in [0.1, 0.15) is 37.4 Å². The zero-order chi connectivity index (χ0) is 23.5. The van der Waals surface area contributed by atoms with Gasteiger partial charge in [-0.3, -0.25) is 9.36 Å². The third kappa shape index (κ3) is 4.74. The number of hydrogen-bond donors (Lipinski definition) is 1. The highest BCUT2D eigenvalue weighted by Gasteiger charge is 2.26. The molecule has 0 atom stereocenters. The zero-order valence-corrected chi connectivity index (χ0v) is 20.4. The SMILES string of the molecule is Cc1cc(NC(=O)CSc2nnc(-c3ccccc3Cl)n2C2CCCC2)n(-c2ccccc2)n1. The molecule has 9 heteroatoms. The predicted molar refractivity (Wildman–Crippen MR) is 136 cm³/mol. The van der Waals surface area contributed by atoms with E-state index < -0.39 is 0 Å². The van der Waals surface area contributed by atoms with E-state index >= 15 is 0 Å². The van der Waals surface area contributed by atoms with Crippen molar-refractivity contribution in [3.05, 3.63) is 71.4 Å². The van der Waals surface area contributed by atoms with Gasteiger partial charge in [0.05, 0.1) is 22.2 Å². The fourth-order valence-corrected chi connectivity index (χ4v) is 5.38. The number of benzene rings is 2. The maximum atomic E-state index is 12.9. The molecule has 174 valence electrons. The number of nitrogens with zero attached hydrogens (tertiary/aromatic N) is 5. The van der Waals surface area contributed by atoms with Crippen LogP contribution in [0.2, 0.25) is 5.02 Å². The first-order chi connectivity index (χ1) is 16.6. The molecule has 1 N–H and O–H groups in total. The van der Waals surface area contributed by atoms with Crippen LogP contribution in [0, 0.1) is 6.92 Å². The predicted octanol–water partition coefficient (Wildman–Crippen LogP) is 5.94. The van der Waals surface area contributed by atoms with Crippen LogP contribution < -0.4 is 5.32 Å². The van der Waals surface area contributed by atoms with E-state index in [1.54, 1.807) is 4.68 Å². The Balaban J connectivity index is 1.35. The molecule has 34 heavy (non-hydrogen) atoms. The molecule has 0 spiro atoms. The van der Waals surface area contributed by atoms with Gasteiger partial charge in [-0.05, 0) is 44.0 Å². The Labute approximate surface area is 207 Å². The molecule has 0 unspecified atom stereocenters. The number of amides is 1. The zero-order valence-electron chi connectivity index (χ0n) is 18.8. The molecule has 0 radical (unpaired) electrons. The van der Waals surface area contributed by atoms with E-state index in [0.717, 1.165) is 40.8 Å². The summed E-state index contributed by atoms with van der Waals surface area (Å²) in [6, 6.07) is 19.6. The molecule has 0 aliphatic heterocycles. The van der Waals surface area contributed by atoms with Crippen molar-refractivity contribution in [2.24, 2.45) is 0 Å². The van der Waals surface area contributed by atoms with Crippen molar-refractivity contribution in [2.45, 2.75) is 43.8 Å². The smallest absolute Gasteiger partial charge is 0.236 e. The van der Waals surface area contributed by atoms with Crippen molar-refractivity contribution >= 4 is 35.1 Å². The fraction of sp³-hybridized carbons (Fsp3) is 0.280. The molecule has 1 amide bonds. The number of halogens is 1. The van der Waals surface area contributed by atoms with Gasteiger partial charge >= 0.3 is 0 Å². The highest BCUT2D eigenvalue weighted by molar-refractivity contribution is 7.99. The van der Waals surface area contributed by atoms with Crippen LogP contribution >= 0.6 is 23.4 Å². The summed E-state index contributed by atoms with van der Waals surface area (Å²) < 4.78 is 3.92. The molecule has 1 aliphatic rings. The summed E-state index contributed by atoms with van der Waals surface area (Å²) in [7, 11) is 0. The molecule has 1 fully saturated rings. The number of hydrogen-bond acceptors (Lipinski definition) is 5. The van der Waals surface area contributed by atoms with Crippen molar-refractivity contribution in [1.29, 1.82) is 0 Å². The first-order valence-electron chi connectivity index (χ1n) is 11.3. The van der Waals surface area contributed by atoms with Gasteiger partial charge < -0.3 is 5.32 Å². The molecule has 2 aromatic heterocycles. The number of aryl methyl sites for hydroxylation is 1. The summed E-state index contributed by atoms with van der Waals surface area (Å²) in [4.78, 5) is 12.9. The molecule has 7 nitrogen and oxygen atoms in total. The Kier molecular flexibility index (Phi) is 6.69. The molecule has 2 heterocycles. The Morgan fingerprint density at radius 2 is 1.82 bits per heavy atom. The quantitative estimate of drug-likeness (QED) is 0.323. The minimum absolute atomic E-state index is 0.123. The summed E-state index contributed by atoms with van der Waals surface area (Å²) in [6.07, 6.45) is 4.51. The lowest BCUT2D eigenvalue weighted by atomic mass is 10.2. The molecule has 1 saturated carbocycles. The molecule has 1 aliphatic carbocycles. The first kappa shape index (κ1) is 22.7. The number of para-hydroxylation sites is 1. The molecular formula is C25H25ClN6OS. The topological polar surface area (TPSA) is 77.6 Å². The van der Waals surface area contributed by atoms with Crippen molar-refractivity contribution < 1.29 is 4.79 Å². The third-order valence-electron chi connectivity index (χ3n) is 5.90. The van der Waals surface area contributed by atoms with Gasteiger partial charge in [0.1, 0.15) is 5.82 Å². The summed E-state index contributed by atoms with van der Waals surface area (Å²) in [5.74, 6) is 1.50. The van der Waals surface area contributed by atoms with Crippen LogP contribution in [-0.2, 0) is 4.79 Å². The van der Waals surface area contributed by atoms with Crippen molar-refractivity contribution in [1.82, 2.24) is 24.5 Å². The number of carbonyl (C=O) groups is 1. The second-order valence-electron chi connectivity index (χ2n) is 8.35. The van der Waals surface area contributed by atoms with Gasteiger partial charge in [0, 0.05) is 17.7 Å². The minimum atomic E-state index is -0.123. The van der Waals surface area contributed by atoms with E-state index in [4.69, 9.17) is 11.6 Å². The first-order valence-corrected chi connectivity index (χ1v) is 12.7. The van der Waals surface area contributed by atoms with Crippen LogP contribution in [-0.4, -0.2) is 36.2 Å². The number of aromatic nitrogens is 5. The average Bonchev–Trinajstić information content (AvgIpc) is 3.58. The van der Waals surface area contributed by atoms with Crippen molar-refractivity contribution in [3.8, 4) is 17.1 Å². The lowest BCUT2D eigenvalue weighted by molar-refractivity contribution is -0.113. The van der Waals surface area contributed by atoms with Gasteiger partial charge in [-0.1, -0.05) is 66.5 Å². The third-order valence-corrected chi connectivity index (χ3v) is 7.17. The molecular weight excluding hydrogens is 468 g/mol. The molecule has 5 rings (SSSR count). The lowest BCUT2D eigenvalue weighted by Gasteiger charge is -2.17. The summed E-state index contributed by atoms with van der Waals surface area (Å²) in [5.41, 5.74) is 2.59. The second kappa shape index (κ2) is 10.0. The Morgan fingerprint density at radius 1 is 1.09 bits per heavy atom. The van der Waals surface area contributed by atoms with Gasteiger partial charge in [0.25, 0.3) is 0 Å². The van der Waals surface area contributed by atoms with Gasteiger partial charge in [-0.15, -0.1) is 10.2 Å². The molecule has 0 bridgehead atoms. The average molecular weight is 493 g/mol. The Bertz CT molecular complexity index is 1300. The van der Waals surface area contributed by atoms with E-state index in [9.17, 15) is 4.79 Å². The highest BCUT2D eigenvalue weighted by atomic mass is 35.5. The van der Waals surface area contributed by atoms with E-state index in [1.165, 1.54) is 24.6 Å². The maximum Gasteiger partial charge on any atom is 0.236 e. The van der Waals surface area contributed by atoms with E-state index in [0.29, 0.717) is 16.9 Å². The second-order valence-corrected chi connectivity index (χ2v) is 9.70. The van der Waals surface area contributed by atoms with Gasteiger partial charge in [0.15, 0.2) is 11.0 Å². The number of nitrogens with one attached hydrogen (secondary N) is 1. The Hall–Kier alpha value is -3.10. The molecule has 4 aromatic rings. The Morgan fingerprint density at radius 3 is 2.59 bits per heavy atom. The minimum Gasteiger partial charge on any atom is -0.310 e. The standard InChI is InChI=1S/C25H25ClN6OS/c1-17-15-22(32(30-17)19-11-3-2-4-12-19)27-23(33)16-34-25-29-28-24(20-13-7-8-14-21(20)26)31(25)18-9-5-6-10-18/h2-4,7-8,11-15,18H,5-6,9-10,16H2,1H3,(H,27,33). The van der Waals surface area contributed by atoms with Gasteiger partial charge in [-0.25, -0.2) is 4.68 Å². The van der Waals surface area contributed by atoms with Crippen LogP contribution in [0.3, 0.4) is 0 Å². The summed E-state index contributed by atoms with van der Waals surface area (Å²) in [6.45, 7) is 1.91. The van der Waals surface area contributed by atoms with Gasteiger partial charge in [0.2, 0.25) is 5.91 Å². The number of anilines is 1. The highest BCUT2D eigenvalue weighted by Crippen LogP contribution is 2.38. The molecule has 0 saturated heterocycles. The van der Waals surface area contributed by atoms with E-state index in [-0.39, 0.29) is 11.7 Å². The number of thioether (sulfide) groups is 1. The van der Waals surface area contributed by atoms with Crippen LogP contribution in [0.4, 0.5) is 5.82 Å². The van der Waals surface area contributed by atoms with Crippen LogP contribution in [0.25, 0.3) is 17.1 Å². The summed E-state index contributed by atoms with van der Waals surface area (Å²) >= 11 is 7.87. The fourth-order valence-electron chi connectivity index (χ4n) is 4.36. The van der Waals surface area contributed by atoms with Gasteiger partial charge in [-0.2, -0.15) is 5.10 Å². The normalized spacial score (nSPS) is 13.9. The lowest BCUT2D eigenvalue weighted by Crippen LogP contribution is -2.17. The molecule has 2 aromatic carbocycles. The van der Waals surface area contributed by atoms with Crippen molar-refractivity contribution in [3.63, 3.8) is 0 Å².